The van der Waals surface area contributed by atoms with E-state index in [0.717, 1.165) is 116 Å². The number of hydrogen-bond acceptors (Lipinski definition) is 12. The fourth-order valence-electron chi connectivity index (χ4n) is 7.12. The van der Waals surface area contributed by atoms with E-state index in [2.05, 4.69) is 36.3 Å². The Hall–Kier alpha value is -5.00. The first-order chi connectivity index (χ1) is 23.9. The van der Waals surface area contributed by atoms with E-state index in [1.54, 1.807) is 21.3 Å². The number of rotatable bonds is 10. The van der Waals surface area contributed by atoms with Gasteiger partial charge in [-0.1, -0.05) is 25.7 Å². The summed E-state index contributed by atoms with van der Waals surface area (Å²) in [4.78, 5) is 29.4. The molecule has 4 aromatic rings. The van der Waals surface area contributed by atoms with Gasteiger partial charge in [-0.25, -0.2) is 9.97 Å². The molecule has 2 aliphatic rings. The number of nitrogens with one attached hydrogen (secondary N) is 1. The lowest BCUT2D eigenvalue weighted by Gasteiger charge is -2.33. The largest absolute Gasteiger partial charge is 0.497 e. The van der Waals surface area contributed by atoms with E-state index < -0.39 is 0 Å². The minimum absolute atomic E-state index is 0.0186. The number of methoxy groups -OCH3 is 3. The second-order valence-electron chi connectivity index (χ2n) is 12.7. The van der Waals surface area contributed by atoms with Crippen molar-refractivity contribution in [3.63, 3.8) is 0 Å². The Morgan fingerprint density at radius 3 is 1.76 bits per heavy atom. The highest BCUT2D eigenvalue weighted by Crippen LogP contribution is 2.41. The van der Waals surface area contributed by atoms with E-state index in [1.165, 1.54) is 0 Å². The van der Waals surface area contributed by atoms with Crippen LogP contribution in [-0.2, 0) is 0 Å². The highest BCUT2D eigenvalue weighted by Gasteiger charge is 2.29. The summed E-state index contributed by atoms with van der Waals surface area (Å²) >= 11 is 0. The zero-order valence-corrected chi connectivity index (χ0v) is 29.2. The fraction of sp³-hybridized carbons (Fsp3) is 0.459. The molecular weight excluding hydrogens is 620 g/mol. The van der Waals surface area contributed by atoms with Crippen LogP contribution in [0.3, 0.4) is 0 Å². The highest BCUT2D eigenvalue weighted by molar-refractivity contribution is 5.53. The van der Waals surface area contributed by atoms with Gasteiger partial charge in [-0.3, -0.25) is 0 Å². The van der Waals surface area contributed by atoms with E-state index in [-0.39, 0.29) is 18.0 Å². The monoisotopic (exact) mass is 668 g/mol. The van der Waals surface area contributed by atoms with E-state index in [0.29, 0.717) is 11.7 Å². The number of benzene rings is 2. The normalized spacial score (nSPS) is 18.3. The third kappa shape index (κ3) is 7.84. The summed E-state index contributed by atoms with van der Waals surface area (Å²) in [5.74, 6) is 5.37. The van der Waals surface area contributed by atoms with Crippen LogP contribution in [0, 0.1) is 13.8 Å². The van der Waals surface area contributed by atoms with Crippen LogP contribution in [0.4, 0.5) is 23.5 Å². The van der Waals surface area contributed by atoms with Gasteiger partial charge in [-0.05, 0) is 75.9 Å². The van der Waals surface area contributed by atoms with Gasteiger partial charge in [0.1, 0.15) is 28.9 Å². The number of aryl methyl sites for hydroxylation is 2. The second kappa shape index (κ2) is 15.5. The van der Waals surface area contributed by atoms with Crippen LogP contribution in [0.25, 0.3) is 0 Å². The van der Waals surface area contributed by atoms with Crippen molar-refractivity contribution < 1.29 is 19.0 Å². The maximum absolute atomic E-state index is 6.18. The Labute approximate surface area is 288 Å². The van der Waals surface area contributed by atoms with Gasteiger partial charge >= 0.3 is 0 Å². The summed E-state index contributed by atoms with van der Waals surface area (Å²) < 4.78 is 17.3. The predicted octanol–water partition coefficient (Wildman–Crippen LogP) is 7.14. The number of anilines is 4. The molecule has 12 heteroatoms. The second-order valence-corrected chi connectivity index (χ2v) is 12.7. The topological polar surface area (TPSA) is 133 Å². The Kier molecular flexibility index (Phi) is 10.7. The predicted molar refractivity (Wildman–Crippen MR) is 192 cm³/mol. The van der Waals surface area contributed by atoms with Crippen LogP contribution in [0.2, 0.25) is 0 Å². The Morgan fingerprint density at radius 2 is 1.18 bits per heavy atom. The van der Waals surface area contributed by atoms with Crippen molar-refractivity contribution in [2.24, 2.45) is 0 Å². The number of hydrogen-bond donors (Lipinski definition) is 2. The van der Waals surface area contributed by atoms with Gasteiger partial charge in [0.15, 0.2) is 5.75 Å². The minimum Gasteiger partial charge on any atom is -0.497 e. The Morgan fingerprint density at radius 1 is 0.633 bits per heavy atom. The molecule has 49 heavy (non-hydrogen) atoms. The first-order valence-corrected chi connectivity index (χ1v) is 17.2. The molecule has 0 spiro atoms. The molecule has 0 unspecified atom stereocenters. The average molecular weight is 669 g/mol. The third-order valence-electron chi connectivity index (χ3n) is 9.41. The maximum Gasteiger partial charge on any atom is 0.258 e. The van der Waals surface area contributed by atoms with Crippen LogP contribution < -0.4 is 40.1 Å². The summed E-state index contributed by atoms with van der Waals surface area (Å²) in [6, 6.07) is 16.0. The number of aromatic nitrogens is 4. The summed E-state index contributed by atoms with van der Waals surface area (Å²) in [6.45, 7) is 5.63. The average Bonchev–Trinajstić information content (AvgIpc) is 3.51. The van der Waals surface area contributed by atoms with Crippen molar-refractivity contribution in [3.05, 3.63) is 71.0 Å². The SMILES string of the molecule is COc1ccc(OC)c([C@@H]2CCCCCN2c2cc(C)nc(NOc3ccc(OC)c([C@H]4CCCCCN4c4cc(C)nc(N)n4)c3)n2)c1. The van der Waals surface area contributed by atoms with Crippen LogP contribution >= 0.6 is 0 Å². The maximum atomic E-state index is 6.18. The summed E-state index contributed by atoms with van der Waals surface area (Å²) in [7, 11) is 5.10. The fourth-order valence-corrected chi connectivity index (χ4v) is 7.12. The molecule has 2 saturated heterocycles. The Bertz CT molecular complexity index is 1720. The quantitative estimate of drug-likeness (QED) is 0.166. The lowest BCUT2D eigenvalue weighted by molar-refractivity contribution is 0.385. The summed E-state index contributed by atoms with van der Waals surface area (Å²) in [6.07, 6.45) is 8.54. The lowest BCUT2D eigenvalue weighted by Crippen LogP contribution is -2.30. The van der Waals surface area contributed by atoms with E-state index in [9.17, 15) is 0 Å². The molecule has 2 aromatic carbocycles. The van der Waals surface area contributed by atoms with Crippen molar-refractivity contribution >= 4 is 23.5 Å². The molecule has 0 radical (unpaired) electrons. The van der Waals surface area contributed by atoms with E-state index >= 15 is 0 Å². The van der Waals surface area contributed by atoms with Crippen LogP contribution in [0.1, 0.15) is 86.0 Å². The molecule has 3 N–H and O–H groups in total. The first-order valence-electron chi connectivity index (χ1n) is 17.2. The van der Waals surface area contributed by atoms with Crippen LogP contribution in [0.15, 0.2) is 48.5 Å². The third-order valence-corrected chi connectivity index (χ3v) is 9.41. The Balaban J connectivity index is 1.27. The molecule has 2 aliphatic heterocycles. The number of nitrogens with two attached hydrogens (primary N) is 1. The summed E-state index contributed by atoms with van der Waals surface area (Å²) in [5, 5.41) is 0. The molecule has 2 fully saturated rings. The van der Waals surface area contributed by atoms with E-state index in [1.807, 2.05) is 56.3 Å². The molecule has 0 amide bonds. The minimum atomic E-state index is 0.0186. The zero-order chi connectivity index (χ0) is 34.3. The molecule has 2 aromatic heterocycles. The zero-order valence-electron chi connectivity index (χ0n) is 29.2. The summed E-state index contributed by atoms with van der Waals surface area (Å²) in [5.41, 5.74) is 12.9. The first kappa shape index (κ1) is 33.9. The lowest BCUT2D eigenvalue weighted by atomic mass is 9.99. The van der Waals surface area contributed by atoms with Crippen LogP contribution in [0.5, 0.6) is 23.0 Å². The van der Waals surface area contributed by atoms with Crippen molar-refractivity contribution in [1.82, 2.24) is 19.9 Å². The molecule has 6 rings (SSSR count). The molecule has 0 saturated carbocycles. The standard InChI is InChI=1S/C37H48N8O4/c1-24-20-34(41-36(38)39-24)44-18-10-6-9-13-31(44)29-23-27(15-17-33(29)48-5)49-43-37-40-25(2)21-35(42-37)45-19-11-7-8-12-30(45)28-22-26(46-3)14-16-32(28)47-4/h14-17,20-23,30-31H,6-13,18-19H2,1-5H3,(H2,38,39,41)(H,40,42,43)/t30-,31+/m0/s1. The molecule has 12 nitrogen and oxygen atoms in total. The van der Waals surface area contributed by atoms with Gasteiger partial charge in [0.2, 0.25) is 5.95 Å². The van der Waals surface area contributed by atoms with Crippen molar-refractivity contribution in [2.45, 2.75) is 77.3 Å². The molecule has 2 atom stereocenters. The van der Waals surface area contributed by atoms with Crippen molar-refractivity contribution in [1.29, 1.82) is 0 Å². The van der Waals surface area contributed by atoms with Gasteiger partial charge in [0, 0.05) is 47.7 Å². The molecule has 4 heterocycles. The highest BCUT2D eigenvalue weighted by atomic mass is 16.6. The van der Waals surface area contributed by atoms with Gasteiger partial charge in [0.25, 0.3) is 5.95 Å². The molecule has 0 bridgehead atoms. The number of nitrogens with zero attached hydrogens (tertiary/aromatic N) is 6. The smallest absolute Gasteiger partial charge is 0.258 e. The van der Waals surface area contributed by atoms with Gasteiger partial charge in [-0.2, -0.15) is 15.4 Å². The van der Waals surface area contributed by atoms with Gasteiger partial charge < -0.3 is 34.6 Å². The van der Waals surface area contributed by atoms with Crippen molar-refractivity contribution in [2.75, 3.05) is 55.4 Å². The van der Waals surface area contributed by atoms with Gasteiger partial charge in [-0.15, -0.1) is 0 Å². The van der Waals surface area contributed by atoms with Crippen molar-refractivity contribution in [3.8, 4) is 23.0 Å². The van der Waals surface area contributed by atoms with Gasteiger partial charge in [0.05, 0.1) is 33.4 Å². The van der Waals surface area contributed by atoms with E-state index in [4.69, 9.17) is 29.8 Å². The number of nitrogen functional groups attached to an aromatic ring is 1. The number of ether oxygens (including phenoxy) is 3. The molecule has 0 aliphatic carbocycles. The molecular formula is C37H48N8O4. The van der Waals surface area contributed by atoms with Crippen LogP contribution in [-0.4, -0.2) is 54.4 Å². The molecule has 260 valence electrons.